The Morgan fingerprint density at radius 3 is 2.52 bits per heavy atom. The molecule has 3 aromatic rings. The molecule has 1 atom stereocenters. The molecule has 1 aliphatic heterocycles. The van der Waals surface area contributed by atoms with Crippen LogP contribution in [0.4, 0.5) is 0 Å². The molecule has 1 aromatic heterocycles. The highest BCUT2D eigenvalue weighted by atomic mass is 16.5. The van der Waals surface area contributed by atoms with Crippen LogP contribution in [0.25, 0.3) is 22.0 Å². The number of hydrogen-bond donors (Lipinski definition) is 1. The molecular formula is C24H28N2O. The number of nitrogens with one attached hydrogen (secondary N) is 1. The molecule has 0 radical (unpaired) electrons. The largest absolute Gasteiger partial charge is 0.371 e. The van der Waals surface area contributed by atoms with Crippen LogP contribution in [0.2, 0.25) is 0 Å². The van der Waals surface area contributed by atoms with Gasteiger partial charge < -0.3 is 10.1 Å². The van der Waals surface area contributed by atoms with Crippen LogP contribution in [0.3, 0.4) is 0 Å². The van der Waals surface area contributed by atoms with Gasteiger partial charge in [-0.25, -0.2) is 0 Å². The zero-order valence-corrected chi connectivity index (χ0v) is 16.2. The first-order chi connectivity index (χ1) is 13.2. The van der Waals surface area contributed by atoms with Crippen molar-refractivity contribution in [2.75, 3.05) is 19.7 Å². The lowest BCUT2D eigenvalue weighted by molar-refractivity contribution is -0.0827. The van der Waals surface area contributed by atoms with Crippen LogP contribution in [0.5, 0.6) is 0 Å². The first-order valence-electron chi connectivity index (χ1n) is 10.0. The Hall–Kier alpha value is -2.23. The predicted octanol–water partition coefficient (Wildman–Crippen LogP) is 5.15. The van der Waals surface area contributed by atoms with E-state index in [9.17, 15) is 0 Å². The average Bonchev–Trinajstić information content (AvgIpc) is 2.74. The molecule has 3 nitrogen and oxygen atoms in total. The highest BCUT2D eigenvalue weighted by Crippen LogP contribution is 2.39. The zero-order chi connectivity index (χ0) is 18.7. The van der Waals surface area contributed by atoms with Crippen LogP contribution in [0.1, 0.15) is 32.3 Å². The summed E-state index contributed by atoms with van der Waals surface area (Å²) in [5.74, 6) is 0.548. The van der Waals surface area contributed by atoms with Crippen molar-refractivity contribution >= 4 is 10.9 Å². The number of nitrogens with zero attached hydrogens (tertiary/aromatic N) is 1. The van der Waals surface area contributed by atoms with Gasteiger partial charge in [0, 0.05) is 23.8 Å². The Morgan fingerprint density at radius 2 is 1.78 bits per heavy atom. The molecular weight excluding hydrogens is 332 g/mol. The molecule has 0 aliphatic carbocycles. The van der Waals surface area contributed by atoms with E-state index in [1.807, 2.05) is 12.3 Å². The third-order valence-electron chi connectivity index (χ3n) is 5.94. The van der Waals surface area contributed by atoms with E-state index >= 15 is 0 Å². The Balaban J connectivity index is 1.64. The SMILES string of the molecule is CCOC(C)(c1ccc(-c2cnc3ccccc3c2)cc1)C1CCNCC1. The van der Waals surface area contributed by atoms with Crippen molar-refractivity contribution in [2.24, 2.45) is 5.92 Å². The molecule has 27 heavy (non-hydrogen) atoms. The van der Waals surface area contributed by atoms with Crippen LogP contribution in [0.15, 0.2) is 60.8 Å². The lowest BCUT2D eigenvalue weighted by atomic mass is 9.77. The highest BCUT2D eigenvalue weighted by molar-refractivity contribution is 5.83. The number of benzene rings is 2. The van der Waals surface area contributed by atoms with Gasteiger partial charge in [0.05, 0.1) is 11.1 Å². The van der Waals surface area contributed by atoms with Crippen LogP contribution in [0, 0.1) is 5.92 Å². The monoisotopic (exact) mass is 360 g/mol. The first-order valence-corrected chi connectivity index (χ1v) is 10.0. The number of fused-ring (bicyclic) bond motifs is 1. The average molecular weight is 361 g/mol. The van der Waals surface area contributed by atoms with E-state index in [0.717, 1.165) is 43.6 Å². The lowest BCUT2D eigenvalue weighted by Gasteiger charge is -2.40. The zero-order valence-electron chi connectivity index (χ0n) is 16.2. The van der Waals surface area contributed by atoms with Crippen molar-refractivity contribution in [1.82, 2.24) is 10.3 Å². The second-order valence-electron chi connectivity index (χ2n) is 7.56. The summed E-state index contributed by atoms with van der Waals surface area (Å²) < 4.78 is 6.32. The number of para-hydroxylation sites is 1. The van der Waals surface area contributed by atoms with Gasteiger partial charge in [-0.05, 0) is 69.0 Å². The molecule has 2 heterocycles. The highest BCUT2D eigenvalue weighted by Gasteiger charge is 2.37. The fourth-order valence-electron chi connectivity index (χ4n) is 4.33. The van der Waals surface area contributed by atoms with E-state index in [0.29, 0.717) is 5.92 Å². The smallest absolute Gasteiger partial charge is 0.0932 e. The lowest BCUT2D eigenvalue weighted by Crippen LogP contribution is -2.41. The molecule has 2 aromatic carbocycles. The fourth-order valence-corrected chi connectivity index (χ4v) is 4.33. The summed E-state index contributed by atoms with van der Waals surface area (Å²) in [5, 5.41) is 4.64. The van der Waals surface area contributed by atoms with Crippen molar-refractivity contribution < 1.29 is 4.74 Å². The van der Waals surface area contributed by atoms with Crippen molar-refractivity contribution in [3.8, 4) is 11.1 Å². The molecule has 0 amide bonds. The fraction of sp³-hybridized carbons (Fsp3) is 0.375. The number of ether oxygens (including phenoxy) is 1. The number of hydrogen-bond acceptors (Lipinski definition) is 3. The predicted molar refractivity (Wildman–Crippen MR) is 112 cm³/mol. The summed E-state index contributed by atoms with van der Waals surface area (Å²) in [6, 6.07) is 19.4. The van der Waals surface area contributed by atoms with E-state index < -0.39 is 0 Å². The van der Waals surface area contributed by atoms with Crippen molar-refractivity contribution in [1.29, 1.82) is 0 Å². The molecule has 1 unspecified atom stereocenters. The molecule has 0 bridgehead atoms. The summed E-state index contributed by atoms with van der Waals surface area (Å²) in [6.45, 7) is 7.24. The second-order valence-corrected chi connectivity index (χ2v) is 7.56. The summed E-state index contributed by atoms with van der Waals surface area (Å²) in [7, 11) is 0. The molecule has 1 N–H and O–H groups in total. The van der Waals surface area contributed by atoms with E-state index in [1.54, 1.807) is 0 Å². The maximum Gasteiger partial charge on any atom is 0.0932 e. The summed E-state index contributed by atoms with van der Waals surface area (Å²) >= 11 is 0. The molecule has 1 saturated heterocycles. The van der Waals surface area contributed by atoms with Gasteiger partial charge >= 0.3 is 0 Å². The van der Waals surface area contributed by atoms with E-state index in [2.05, 4.69) is 72.7 Å². The maximum atomic E-state index is 6.32. The maximum absolute atomic E-state index is 6.32. The van der Waals surface area contributed by atoms with Gasteiger partial charge in [0.1, 0.15) is 0 Å². The van der Waals surface area contributed by atoms with Gasteiger partial charge in [-0.3, -0.25) is 4.98 Å². The third-order valence-corrected chi connectivity index (χ3v) is 5.94. The Morgan fingerprint density at radius 1 is 1.04 bits per heavy atom. The number of aromatic nitrogens is 1. The normalized spacial score (nSPS) is 17.7. The van der Waals surface area contributed by atoms with Crippen LogP contribution in [-0.4, -0.2) is 24.7 Å². The van der Waals surface area contributed by atoms with Crippen molar-refractivity contribution in [3.05, 3.63) is 66.4 Å². The second kappa shape index (κ2) is 7.79. The Labute approximate surface area is 161 Å². The number of pyridine rings is 1. The molecule has 1 fully saturated rings. The van der Waals surface area contributed by atoms with Crippen molar-refractivity contribution in [3.63, 3.8) is 0 Å². The van der Waals surface area contributed by atoms with Crippen LogP contribution in [-0.2, 0) is 10.3 Å². The molecule has 4 rings (SSSR count). The number of rotatable bonds is 5. The van der Waals surface area contributed by atoms with Gasteiger partial charge in [0.2, 0.25) is 0 Å². The summed E-state index contributed by atoms with van der Waals surface area (Å²) in [4.78, 5) is 4.60. The minimum absolute atomic E-state index is 0.225. The summed E-state index contributed by atoms with van der Waals surface area (Å²) in [6.07, 6.45) is 4.28. The van der Waals surface area contributed by atoms with Gasteiger partial charge in [-0.15, -0.1) is 0 Å². The van der Waals surface area contributed by atoms with E-state index in [-0.39, 0.29) is 5.60 Å². The van der Waals surface area contributed by atoms with Gasteiger partial charge in [0.25, 0.3) is 0 Å². The van der Waals surface area contributed by atoms with Crippen molar-refractivity contribution in [2.45, 2.75) is 32.3 Å². The van der Waals surface area contributed by atoms with E-state index in [4.69, 9.17) is 4.74 Å². The van der Waals surface area contributed by atoms with E-state index in [1.165, 1.54) is 16.5 Å². The molecule has 1 aliphatic rings. The van der Waals surface area contributed by atoms with Gasteiger partial charge in [0.15, 0.2) is 0 Å². The standard InChI is InChI=1S/C24H28N2O/c1-3-27-24(2,22-12-14-25-15-13-22)21-10-8-18(9-11-21)20-16-19-6-4-5-7-23(19)26-17-20/h4-11,16-17,22,25H,3,12-15H2,1-2H3. The molecule has 0 spiro atoms. The third kappa shape index (κ3) is 3.62. The molecule has 140 valence electrons. The minimum Gasteiger partial charge on any atom is -0.371 e. The number of piperidine rings is 1. The van der Waals surface area contributed by atoms with Gasteiger partial charge in [-0.2, -0.15) is 0 Å². The van der Waals surface area contributed by atoms with Crippen LogP contribution >= 0.6 is 0 Å². The Kier molecular flexibility index (Phi) is 5.24. The quantitative estimate of drug-likeness (QED) is 0.683. The minimum atomic E-state index is -0.225. The summed E-state index contributed by atoms with van der Waals surface area (Å²) in [5.41, 5.74) is 4.43. The first kappa shape index (κ1) is 18.1. The van der Waals surface area contributed by atoms with Gasteiger partial charge in [-0.1, -0.05) is 42.5 Å². The van der Waals surface area contributed by atoms with Crippen LogP contribution < -0.4 is 5.32 Å². The molecule has 0 saturated carbocycles. The topological polar surface area (TPSA) is 34.1 Å². The molecule has 3 heteroatoms. The Bertz CT molecular complexity index is 900.